The third-order valence-electron chi connectivity index (χ3n) is 4.27. The highest BCUT2D eigenvalue weighted by Gasteiger charge is 2.17. The molecule has 0 amide bonds. The second-order valence-corrected chi connectivity index (χ2v) is 6.38. The first-order chi connectivity index (χ1) is 13.3. The van der Waals surface area contributed by atoms with Gasteiger partial charge >= 0.3 is 5.97 Å². The fourth-order valence-electron chi connectivity index (χ4n) is 2.90. The van der Waals surface area contributed by atoms with Crippen LogP contribution in [0.15, 0.2) is 47.3 Å². The highest BCUT2D eigenvalue weighted by molar-refractivity contribution is 5.89. The minimum Gasteiger partial charge on any atom is -0.488 e. The average molecular weight is 385 g/mol. The van der Waals surface area contributed by atoms with Crippen molar-refractivity contribution in [3.63, 3.8) is 0 Å². The first-order valence-electron chi connectivity index (χ1n) is 8.41. The molecule has 0 saturated carbocycles. The van der Waals surface area contributed by atoms with Crippen molar-refractivity contribution in [2.24, 2.45) is 0 Å². The molecular weight excluding hydrogens is 368 g/mol. The average Bonchev–Trinajstić information content (AvgIpc) is 2.61. The lowest BCUT2D eigenvalue weighted by atomic mass is 9.98. The molecule has 28 heavy (non-hydrogen) atoms. The van der Waals surface area contributed by atoms with Gasteiger partial charge in [-0.15, -0.1) is 0 Å². The Kier molecular flexibility index (Phi) is 5.26. The number of hydrogen-bond acceptors (Lipinski definition) is 3. The summed E-state index contributed by atoms with van der Waals surface area (Å²) in [5.74, 6) is -2.29. The number of carboxylic acids is 1. The standard InChI is InChI=1S/C21H17F2NO4/c1-11-7-13(21(26)27)4-6-16(11)19-18(8-12(2)24-20(19)25)28-10-14-3-5-15(22)9-17(14)23/h3-9H,10H2,1-2H3,(H,24,25)(H,26,27). The molecule has 0 radical (unpaired) electrons. The largest absolute Gasteiger partial charge is 0.488 e. The Bertz CT molecular complexity index is 1120. The number of halogens is 2. The summed E-state index contributed by atoms with van der Waals surface area (Å²) in [6.45, 7) is 3.16. The van der Waals surface area contributed by atoms with E-state index >= 15 is 0 Å². The van der Waals surface area contributed by atoms with Gasteiger partial charge in [0.1, 0.15) is 24.0 Å². The molecule has 0 saturated heterocycles. The highest BCUT2D eigenvalue weighted by atomic mass is 19.1. The number of hydrogen-bond donors (Lipinski definition) is 2. The second kappa shape index (κ2) is 7.64. The lowest BCUT2D eigenvalue weighted by Crippen LogP contribution is -2.14. The molecule has 0 aliphatic heterocycles. The van der Waals surface area contributed by atoms with Gasteiger partial charge in [-0.2, -0.15) is 0 Å². The maximum Gasteiger partial charge on any atom is 0.335 e. The Balaban J connectivity index is 2.03. The molecule has 2 N–H and O–H groups in total. The Morgan fingerprint density at radius 2 is 1.86 bits per heavy atom. The van der Waals surface area contributed by atoms with Crippen molar-refractivity contribution < 1.29 is 23.4 Å². The van der Waals surface area contributed by atoms with Gasteiger partial charge in [0.2, 0.25) is 0 Å². The quantitative estimate of drug-likeness (QED) is 0.689. The summed E-state index contributed by atoms with van der Waals surface area (Å²) in [6, 6.07) is 9.15. The van der Waals surface area contributed by atoms with E-state index in [1.54, 1.807) is 19.9 Å². The molecule has 7 heteroatoms. The van der Waals surface area contributed by atoms with Crippen LogP contribution in [0.2, 0.25) is 0 Å². The molecule has 2 aromatic carbocycles. The maximum atomic E-state index is 13.9. The lowest BCUT2D eigenvalue weighted by molar-refractivity contribution is 0.0697. The van der Waals surface area contributed by atoms with Crippen LogP contribution in [0, 0.1) is 25.5 Å². The van der Waals surface area contributed by atoms with Gasteiger partial charge in [-0.1, -0.05) is 6.07 Å². The van der Waals surface area contributed by atoms with Gasteiger partial charge in [0.15, 0.2) is 0 Å². The van der Waals surface area contributed by atoms with Crippen LogP contribution in [0.5, 0.6) is 5.75 Å². The van der Waals surface area contributed by atoms with Crippen molar-refractivity contribution in [3.05, 3.63) is 86.8 Å². The molecule has 3 aromatic rings. The van der Waals surface area contributed by atoms with Crippen LogP contribution in [-0.4, -0.2) is 16.1 Å². The van der Waals surface area contributed by atoms with Crippen LogP contribution in [0.1, 0.15) is 27.2 Å². The zero-order valence-electron chi connectivity index (χ0n) is 15.2. The molecule has 0 fully saturated rings. The van der Waals surface area contributed by atoms with Gasteiger partial charge in [-0.3, -0.25) is 4.79 Å². The third kappa shape index (κ3) is 3.93. The van der Waals surface area contributed by atoms with E-state index in [4.69, 9.17) is 9.84 Å². The summed E-state index contributed by atoms with van der Waals surface area (Å²) in [6.07, 6.45) is 0. The summed E-state index contributed by atoms with van der Waals surface area (Å²) in [7, 11) is 0. The summed E-state index contributed by atoms with van der Waals surface area (Å²) in [4.78, 5) is 26.4. The van der Waals surface area contributed by atoms with E-state index < -0.39 is 23.2 Å². The first-order valence-corrected chi connectivity index (χ1v) is 8.41. The van der Waals surface area contributed by atoms with Crippen molar-refractivity contribution in [3.8, 4) is 16.9 Å². The first kappa shape index (κ1) is 19.3. The van der Waals surface area contributed by atoms with Crippen LogP contribution >= 0.6 is 0 Å². The number of aryl methyl sites for hydroxylation is 2. The number of aromatic carboxylic acids is 1. The van der Waals surface area contributed by atoms with Crippen molar-refractivity contribution in [2.75, 3.05) is 0 Å². The summed E-state index contributed by atoms with van der Waals surface area (Å²) < 4.78 is 32.6. The van der Waals surface area contributed by atoms with E-state index in [2.05, 4.69) is 4.98 Å². The maximum absolute atomic E-state index is 13.9. The number of benzene rings is 2. The molecule has 3 rings (SSSR count). The van der Waals surface area contributed by atoms with Gasteiger partial charge in [0, 0.05) is 23.4 Å². The molecule has 0 unspecified atom stereocenters. The lowest BCUT2D eigenvalue weighted by Gasteiger charge is -2.14. The zero-order valence-corrected chi connectivity index (χ0v) is 15.2. The number of pyridine rings is 1. The van der Waals surface area contributed by atoms with Crippen molar-refractivity contribution in [1.29, 1.82) is 0 Å². The van der Waals surface area contributed by atoms with Crippen molar-refractivity contribution in [1.82, 2.24) is 4.98 Å². The number of aromatic amines is 1. The number of ether oxygens (including phenoxy) is 1. The highest BCUT2D eigenvalue weighted by Crippen LogP contribution is 2.31. The van der Waals surface area contributed by atoms with E-state index in [-0.39, 0.29) is 29.0 Å². The van der Waals surface area contributed by atoms with Crippen molar-refractivity contribution >= 4 is 5.97 Å². The SMILES string of the molecule is Cc1cc(OCc2ccc(F)cc2F)c(-c2ccc(C(=O)O)cc2C)c(=O)[nH]1. The molecule has 1 heterocycles. The molecule has 0 spiro atoms. The molecule has 0 bridgehead atoms. The number of aromatic nitrogens is 1. The van der Waals surface area contributed by atoms with Gasteiger partial charge in [-0.05, 0) is 49.2 Å². The van der Waals surface area contributed by atoms with Gasteiger partial charge in [-0.25, -0.2) is 13.6 Å². The molecular formula is C21H17F2NO4. The van der Waals surface area contributed by atoms with Crippen LogP contribution in [-0.2, 0) is 6.61 Å². The predicted octanol–water partition coefficient (Wildman–Crippen LogP) is 4.21. The Morgan fingerprint density at radius 3 is 2.50 bits per heavy atom. The minimum absolute atomic E-state index is 0.0978. The van der Waals surface area contributed by atoms with E-state index in [1.165, 1.54) is 24.3 Å². The fraction of sp³-hybridized carbons (Fsp3) is 0.143. The van der Waals surface area contributed by atoms with Gasteiger partial charge in [0.25, 0.3) is 5.56 Å². The molecule has 0 aliphatic rings. The molecule has 0 atom stereocenters. The summed E-state index contributed by atoms with van der Waals surface area (Å²) >= 11 is 0. The van der Waals surface area contributed by atoms with Crippen LogP contribution in [0.25, 0.3) is 11.1 Å². The Hall–Kier alpha value is -3.48. The number of carbonyl (C=O) groups is 1. The number of nitrogens with one attached hydrogen (secondary N) is 1. The van der Waals surface area contributed by atoms with Gasteiger partial charge < -0.3 is 14.8 Å². The van der Waals surface area contributed by atoms with Crippen LogP contribution in [0.3, 0.4) is 0 Å². The van der Waals surface area contributed by atoms with Gasteiger partial charge in [0.05, 0.1) is 11.1 Å². The van der Waals surface area contributed by atoms with Crippen LogP contribution < -0.4 is 10.3 Å². The summed E-state index contributed by atoms with van der Waals surface area (Å²) in [5, 5.41) is 9.12. The third-order valence-corrected chi connectivity index (χ3v) is 4.27. The number of carboxylic acid groups (broad SMARTS) is 1. The smallest absolute Gasteiger partial charge is 0.335 e. The van der Waals surface area contributed by atoms with E-state index in [0.717, 1.165) is 12.1 Å². The summed E-state index contributed by atoms with van der Waals surface area (Å²) in [5.41, 5.74) is 1.66. The second-order valence-electron chi connectivity index (χ2n) is 6.38. The van der Waals surface area contributed by atoms with E-state index in [0.29, 0.717) is 16.8 Å². The van der Waals surface area contributed by atoms with Crippen molar-refractivity contribution in [2.45, 2.75) is 20.5 Å². The fourth-order valence-corrected chi connectivity index (χ4v) is 2.90. The normalized spacial score (nSPS) is 10.7. The topological polar surface area (TPSA) is 79.4 Å². The predicted molar refractivity (Wildman–Crippen MR) is 99.6 cm³/mol. The molecule has 0 aliphatic carbocycles. The van der Waals surface area contributed by atoms with E-state index in [9.17, 15) is 18.4 Å². The van der Waals surface area contributed by atoms with E-state index in [1.807, 2.05) is 0 Å². The number of rotatable bonds is 5. The molecule has 5 nitrogen and oxygen atoms in total. The minimum atomic E-state index is -1.07. The zero-order chi connectivity index (χ0) is 20.4. The Morgan fingerprint density at radius 1 is 1.11 bits per heavy atom. The Labute approximate surface area is 159 Å². The van der Waals surface area contributed by atoms with Crippen LogP contribution in [0.4, 0.5) is 8.78 Å². The monoisotopic (exact) mass is 385 g/mol. The molecule has 1 aromatic heterocycles. The molecule has 144 valence electrons. The number of H-pyrrole nitrogens is 1.